The van der Waals surface area contributed by atoms with Gasteiger partial charge in [-0.1, -0.05) is 0 Å². The summed E-state index contributed by atoms with van der Waals surface area (Å²) in [6.45, 7) is 2.27. The molecule has 7 nitrogen and oxygen atoms in total. The Kier molecular flexibility index (Phi) is 4.54. The van der Waals surface area contributed by atoms with E-state index in [9.17, 15) is 0 Å². The van der Waals surface area contributed by atoms with Gasteiger partial charge in [0.25, 0.3) is 0 Å². The number of aromatic nitrogens is 4. The van der Waals surface area contributed by atoms with E-state index in [1.54, 1.807) is 19.4 Å². The lowest BCUT2D eigenvalue weighted by Gasteiger charge is -2.11. The van der Waals surface area contributed by atoms with Gasteiger partial charge in [-0.15, -0.1) is 0 Å². The molecule has 0 radical (unpaired) electrons. The Morgan fingerprint density at radius 2 is 2.21 bits per heavy atom. The third kappa shape index (κ3) is 3.84. The van der Waals surface area contributed by atoms with Crippen molar-refractivity contribution in [1.82, 2.24) is 30.2 Å². The molecular weight excluding hydrogens is 242 g/mol. The van der Waals surface area contributed by atoms with E-state index in [2.05, 4.69) is 25.8 Å². The molecule has 0 aliphatic carbocycles. The third-order valence-electron chi connectivity index (χ3n) is 2.78. The molecule has 0 spiro atoms. The predicted molar refractivity (Wildman–Crippen MR) is 73.6 cm³/mol. The van der Waals surface area contributed by atoms with Crippen molar-refractivity contribution in [2.24, 2.45) is 12.0 Å². The first-order chi connectivity index (χ1) is 9.29. The van der Waals surface area contributed by atoms with Crippen LogP contribution in [0.15, 0.2) is 35.7 Å². The second kappa shape index (κ2) is 6.58. The van der Waals surface area contributed by atoms with Crippen molar-refractivity contribution in [3.63, 3.8) is 0 Å². The highest BCUT2D eigenvalue weighted by Crippen LogP contribution is 1.94. The number of hydrogen-bond acceptors (Lipinski definition) is 3. The Balaban J connectivity index is 1.73. The second-order valence-corrected chi connectivity index (χ2v) is 4.07. The molecule has 0 aliphatic rings. The first kappa shape index (κ1) is 13.1. The van der Waals surface area contributed by atoms with Gasteiger partial charge in [-0.05, 0) is 12.1 Å². The molecule has 2 aromatic rings. The zero-order valence-corrected chi connectivity index (χ0v) is 11.2. The molecule has 0 atom stereocenters. The SMILES string of the molecule is CN=C(NCCn1cccn1)NCc1ccnn1C. The Morgan fingerprint density at radius 3 is 2.84 bits per heavy atom. The third-order valence-corrected chi connectivity index (χ3v) is 2.78. The highest BCUT2D eigenvalue weighted by Gasteiger charge is 2.01. The first-order valence-electron chi connectivity index (χ1n) is 6.18. The molecule has 0 amide bonds. The van der Waals surface area contributed by atoms with Gasteiger partial charge in [0.05, 0.1) is 18.8 Å². The van der Waals surface area contributed by atoms with Crippen LogP contribution in [0.1, 0.15) is 5.69 Å². The van der Waals surface area contributed by atoms with E-state index in [1.807, 2.05) is 34.7 Å². The standard InChI is InChI=1S/C12H19N7/c1-13-12(14-7-9-19-8-3-5-17-19)15-10-11-4-6-16-18(11)2/h3-6,8H,7,9-10H2,1-2H3,(H2,13,14,15). The van der Waals surface area contributed by atoms with E-state index < -0.39 is 0 Å². The van der Waals surface area contributed by atoms with E-state index in [4.69, 9.17) is 0 Å². The van der Waals surface area contributed by atoms with Gasteiger partial charge in [0.1, 0.15) is 0 Å². The Labute approximate surface area is 112 Å². The highest BCUT2D eigenvalue weighted by atomic mass is 15.3. The number of nitrogens with one attached hydrogen (secondary N) is 2. The minimum Gasteiger partial charge on any atom is -0.355 e. The summed E-state index contributed by atoms with van der Waals surface area (Å²) in [7, 11) is 3.68. The molecule has 0 aromatic carbocycles. The quantitative estimate of drug-likeness (QED) is 0.586. The lowest BCUT2D eigenvalue weighted by atomic mass is 10.4. The summed E-state index contributed by atoms with van der Waals surface area (Å²) in [5.74, 6) is 0.772. The summed E-state index contributed by atoms with van der Waals surface area (Å²) in [6, 6.07) is 3.89. The van der Waals surface area contributed by atoms with Crippen LogP contribution >= 0.6 is 0 Å². The number of hydrogen-bond donors (Lipinski definition) is 2. The lowest BCUT2D eigenvalue weighted by molar-refractivity contribution is 0.596. The number of nitrogens with zero attached hydrogens (tertiary/aromatic N) is 5. The molecule has 2 heterocycles. The molecule has 0 aliphatic heterocycles. The fraction of sp³-hybridized carbons (Fsp3) is 0.417. The molecule has 0 saturated carbocycles. The van der Waals surface area contributed by atoms with Crippen LogP contribution in [-0.2, 0) is 20.1 Å². The van der Waals surface area contributed by atoms with Gasteiger partial charge in [-0.3, -0.25) is 14.4 Å². The maximum Gasteiger partial charge on any atom is 0.191 e. The zero-order chi connectivity index (χ0) is 13.5. The molecule has 2 aromatic heterocycles. The van der Waals surface area contributed by atoms with Crippen molar-refractivity contribution < 1.29 is 0 Å². The minimum atomic E-state index is 0.692. The maximum atomic E-state index is 4.17. The molecule has 19 heavy (non-hydrogen) atoms. The summed E-state index contributed by atoms with van der Waals surface area (Å²) in [5.41, 5.74) is 1.11. The molecule has 2 N–H and O–H groups in total. The maximum absolute atomic E-state index is 4.17. The van der Waals surface area contributed by atoms with Gasteiger partial charge in [0, 0.05) is 39.2 Å². The number of aliphatic imine (C=N–C) groups is 1. The van der Waals surface area contributed by atoms with Crippen molar-refractivity contribution >= 4 is 5.96 Å². The largest absolute Gasteiger partial charge is 0.355 e. The first-order valence-corrected chi connectivity index (χ1v) is 6.18. The molecule has 102 valence electrons. The van der Waals surface area contributed by atoms with Crippen molar-refractivity contribution in [3.8, 4) is 0 Å². The van der Waals surface area contributed by atoms with E-state index in [1.165, 1.54) is 0 Å². The summed E-state index contributed by atoms with van der Waals surface area (Å²) in [6.07, 6.45) is 5.49. The average molecular weight is 261 g/mol. The van der Waals surface area contributed by atoms with Gasteiger partial charge in [-0.2, -0.15) is 10.2 Å². The normalized spacial score (nSPS) is 11.6. The van der Waals surface area contributed by atoms with Crippen LogP contribution in [0, 0.1) is 0 Å². The predicted octanol–water partition coefficient (Wildman–Crippen LogP) is -0.0182. The number of guanidine groups is 1. The molecule has 0 fully saturated rings. The molecule has 0 bridgehead atoms. The molecule has 2 rings (SSSR count). The van der Waals surface area contributed by atoms with Gasteiger partial charge in [0.15, 0.2) is 5.96 Å². The Bertz CT molecular complexity index is 512. The van der Waals surface area contributed by atoms with Crippen LogP contribution in [0.25, 0.3) is 0 Å². The smallest absolute Gasteiger partial charge is 0.191 e. The van der Waals surface area contributed by atoms with Crippen molar-refractivity contribution in [2.45, 2.75) is 13.1 Å². The molecule has 0 unspecified atom stereocenters. The molecule has 7 heteroatoms. The van der Waals surface area contributed by atoms with Crippen LogP contribution in [0.4, 0.5) is 0 Å². The second-order valence-electron chi connectivity index (χ2n) is 4.07. The monoisotopic (exact) mass is 261 g/mol. The van der Waals surface area contributed by atoms with E-state index in [0.29, 0.717) is 6.54 Å². The topological polar surface area (TPSA) is 72.1 Å². The van der Waals surface area contributed by atoms with Crippen LogP contribution in [-0.4, -0.2) is 39.1 Å². The van der Waals surface area contributed by atoms with Crippen LogP contribution in [0.3, 0.4) is 0 Å². The Hall–Kier alpha value is -2.31. The average Bonchev–Trinajstić information content (AvgIpc) is 3.05. The molecule has 0 saturated heterocycles. The van der Waals surface area contributed by atoms with Gasteiger partial charge in [-0.25, -0.2) is 0 Å². The summed E-state index contributed by atoms with van der Waals surface area (Å²) >= 11 is 0. The van der Waals surface area contributed by atoms with Crippen molar-refractivity contribution in [1.29, 1.82) is 0 Å². The minimum absolute atomic E-state index is 0.692. The van der Waals surface area contributed by atoms with E-state index in [0.717, 1.165) is 24.7 Å². The number of rotatable bonds is 5. The highest BCUT2D eigenvalue weighted by molar-refractivity contribution is 5.79. The summed E-state index contributed by atoms with van der Waals surface area (Å²) in [4.78, 5) is 4.17. The van der Waals surface area contributed by atoms with Gasteiger partial charge < -0.3 is 10.6 Å². The fourth-order valence-corrected chi connectivity index (χ4v) is 1.69. The number of aryl methyl sites for hydroxylation is 1. The van der Waals surface area contributed by atoms with Crippen molar-refractivity contribution in [3.05, 3.63) is 36.4 Å². The fourth-order valence-electron chi connectivity index (χ4n) is 1.69. The van der Waals surface area contributed by atoms with E-state index >= 15 is 0 Å². The lowest BCUT2D eigenvalue weighted by Crippen LogP contribution is -2.38. The van der Waals surface area contributed by atoms with Crippen LogP contribution in [0.5, 0.6) is 0 Å². The molecular formula is C12H19N7. The van der Waals surface area contributed by atoms with E-state index in [-0.39, 0.29) is 0 Å². The summed E-state index contributed by atoms with van der Waals surface area (Å²) < 4.78 is 3.71. The Morgan fingerprint density at radius 1 is 1.32 bits per heavy atom. The van der Waals surface area contributed by atoms with Crippen molar-refractivity contribution in [2.75, 3.05) is 13.6 Å². The van der Waals surface area contributed by atoms with Gasteiger partial charge >= 0.3 is 0 Å². The van der Waals surface area contributed by atoms with Gasteiger partial charge in [0.2, 0.25) is 0 Å². The summed E-state index contributed by atoms with van der Waals surface area (Å²) in [5, 5.41) is 14.7. The van der Waals surface area contributed by atoms with Crippen LogP contribution in [0.2, 0.25) is 0 Å². The zero-order valence-electron chi connectivity index (χ0n) is 11.2. The van der Waals surface area contributed by atoms with Crippen LogP contribution < -0.4 is 10.6 Å².